The number of carbonyl (C=O) groups is 2. The molecule has 2 amide bonds. The number of benzene rings is 1. The number of alkyl halides is 2. The number of halogens is 2. The average Bonchev–Trinajstić information content (AvgIpc) is 3.12. The van der Waals surface area contributed by atoms with Crippen molar-refractivity contribution in [1.82, 2.24) is 9.62 Å². The Kier molecular flexibility index (Phi) is 6.11. The summed E-state index contributed by atoms with van der Waals surface area (Å²) in [4.78, 5) is 26.4. The lowest BCUT2D eigenvalue weighted by molar-refractivity contribution is -0.157. The van der Waals surface area contributed by atoms with E-state index in [9.17, 15) is 26.8 Å². The Labute approximate surface area is 168 Å². The average molecular weight is 430 g/mol. The van der Waals surface area contributed by atoms with Gasteiger partial charge in [-0.25, -0.2) is 13.1 Å². The maximum absolute atomic E-state index is 12.7. The van der Waals surface area contributed by atoms with Crippen LogP contribution in [-0.2, 0) is 19.6 Å². The molecule has 1 aromatic rings. The van der Waals surface area contributed by atoms with Gasteiger partial charge < -0.3 is 9.64 Å². The number of sulfonamides is 1. The predicted octanol–water partition coefficient (Wildman–Crippen LogP) is 2.66. The summed E-state index contributed by atoms with van der Waals surface area (Å²) < 4.78 is 56.0. The minimum atomic E-state index is -4.31. The van der Waals surface area contributed by atoms with Crippen LogP contribution in [0.2, 0.25) is 0 Å². The number of rotatable bonds is 7. The third-order valence-corrected chi connectivity index (χ3v) is 7.04. The summed E-state index contributed by atoms with van der Waals surface area (Å²) in [5.41, 5.74) is -1.25. The fourth-order valence-corrected chi connectivity index (χ4v) is 4.99. The number of nitrogens with one attached hydrogen (secondary N) is 1. The van der Waals surface area contributed by atoms with Crippen molar-refractivity contribution in [3.8, 4) is 5.75 Å². The molecule has 2 aliphatic rings. The van der Waals surface area contributed by atoms with Crippen LogP contribution in [0.15, 0.2) is 29.2 Å². The molecule has 0 bridgehead atoms. The fourth-order valence-electron chi connectivity index (χ4n) is 3.88. The lowest BCUT2D eigenvalue weighted by Crippen LogP contribution is -2.67. The van der Waals surface area contributed by atoms with E-state index in [0.717, 1.165) is 31.7 Å². The molecular formula is C19H24F2N2O5S. The van der Waals surface area contributed by atoms with Crippen LogP contribution in [0.1, 0.15) is 45.4 Å². The summed E-state index contributed by atoms with van der Waals surface area (Å²) in [7, 11) is -4.31. The van der Waals surface area contributed by atoms with E-state index in [2.05, 4.69) is 4.74 Å². The van der Waals surface area contributed by atoms with Crippen molar-refractivity contribution in [3.05, 3.63) is 24.3 Å². The zero-order chi connectivity index (χ0) is 21.2. The second kappa shape index (κ2) is 8.25. The van der Waals surface area contributed by atoms with Gasteiger partial charge in [0.1, 0.15) is 11.3 Å². The van der Waals surface area contributed by atoms with Gasteiger partial charge in [-0.3, -0.25) is 9.59 Å². The largest absolute Gasteiger partial charge is 0.435 e. The first-order valence-electron chi connectivity index (χ1n) is 9.54. The Hall–Kier alpha value is -2.23. The van der Waals surface area contributed by atoms with Crippen LogP contribution in [0, 0.1) is 5.92 Å². The Morgan fingerprint density at radius 1 is 1.31 bits per heavy atom. The molecule has 1 atom stereocenters. The maximum atomic E-state index is 12.7. The number of hydrogen-bond acceptors (Lipinski definition) is 5. The van der Waals surface area contributed by atoms with Crippen molar-refractivity contribution in [2.45, 2.75) is 62.5 Å². The van der Waals surface area contributed by atoms with E-state index in [1.54, 1.807) is 0 Å². The molecule has 1 aliphatic carbocycles. The van der Waals surface area contributed by atoms with E-state index in [0.29, 0.717) is 25.3 Å². The summed E-state index contributed by atoms with van der Waals surface area (Å²) in [5.74, 6) is -0.982. The van der Waals surface area contributed by atoms with Crippen molar-refractivity contribution < 1.29 is 31.5 Å². The number of nitrogens with zero attached hydrogens (tertiary/aromatic N) is 1. The molecule has 1 N–H and O–H groups in total. The maximum Gasteiger partial charge on any atom is 0.387 e. The van der Waals surface area contributed by atoms with Crippen molar-refractivity contribution in [1.29, 1.82) is 0 Å². The Morgan fingerprint density at radius 3 is 2.59 bits per heavy atom. The van der Waals surface area contributed by atoms with Crippen LogP contribution in [0.25, 0.3) is 0 Å². The highest BCUT2D eigenvalue weighted by Crippen LogP contribution is 2.35. The molecule has 0 radical (unpaired) electrons. The van der Waals surface area contributed by atoms with E-state index in [1.807, 2.05) is 4.72 Å². The van der Waals surface area contributed by atoms with Crippen molar-refractivity contribution >= 4 is 21.8 Å². The van der Waals surface area contributed by atoms with Gasteiger partial charge in [-0.2, -0.15) is 8.78 Å². The van der Waals surface area contributed by atoms with Crippen LogP contribution >= 0.6 is 0 Å². The summed E-state index contributed by atoms with van der Waals surface area (Å²) in [5, 5.41) is 0. The highest BCUT2D eigenvalue weighted by molar-refractivity contribution is 7.90. The van der Waals surface area contributed by atoms with Gasteiger partial charge in [-0.05, 0) is 44.2 Å². The normalized spacial score (nSPS) is 22.4. The lowest BCUT2D eigenvalue weighted by atomic mass is 9.85. The predicted molar refractivity (Wildman–Crippen MR) is 99.7 cm³/mol. The van der Waals surface area contributed by atoms with Gasteiger partial charge in [-0.1, -0.05) is 18.9 Å². The van der Waals surface area contributed by atoms with Crippen LogP contribution in [-0.4, -0.2) is 43.8 Å². The molecule has 0 aromatic heterocycles. The van der Waals surface area contributed by atoms with E-state index in [4.69, 9.17) is 0 Å². The quantitative estimate of drug-likeness (QED) is 0.718. The SMILES string of the molecule is CC1(C(=O)NS(=O)(=O)c2cccc(OC(F)F)c2)CCN1C(=O)CC1CCCC1. The van der Waals surface area contributed by atoms with E-state index >= 15 is 0 Å². The van der Waals surface area contributed by atoms with Gasteiger partial charge in [-0.15, -0.1) is 0 Å². The highest BCUT2D eigenvalue weighted by Gasteiger charge is 2.50. The molecule has 2 fully saturated rings. The zero-order valence-corrected chi connectivity index (χ0v) is 16.9. The third-order valence-electron chi connectivity index (χ3n) is 5.71. The molecule has 1 unspecified atom stereocenters. The third kappa shape index (κ3) is 4.68. The molecule has 0 spiro atoms. The zero-order valence-electron chi connectivity index (χ0n) is 16.1. The van der Waals surface area contributed by atoms with Gasteiger partial charge >= 0.3 is 6.61 Å². The first kappa shape index (κ1) is 21.5. The molecule has 10 heteroatoms. The number of hydrogen-bond donors (Lipinski definition) is 1. The molecular weight excluding hydrogens is 406 g/mol. The van der Waals surface area contributed by atoms with Crippen LogP contribution in [0.5, 0.6) is 5.75 Å². The molecule has 1 aromatic carbocycles. The van der Waals surface area contributed by atoms with Crippen LogP contribution in [0.4, 0.5) is 8.78 Å². The summed E-state index contributed by atoms with van der Waals surface area (Å²) >= 11 is 0. The Bertz CT molecular complexity index is 886. The van der Waals surface area contributed by atoms with E-state index in [1.165, 1.54) is 30.0 Å². The van der Waals surface area contributed by atoms with Gasteiger partial charge in [0.15, 0.2) is 0 Å². The number of carbonyl (C=O) groups excluding carboxylic acids is 2. The van der Waals surface area contributed by atoms with Crippen molar-refractivity contribution in [2.24, 2.45) is 5.92 Å². The monoisotopic (exact) mass is 430 g/mol. The minimum Gasteiger partial charge on any atom is -0.435 e. The van der Waals surface area contributed by atoms with E-state index in [-0.39, 0.29) is 16.6 Å². The van der Waals surface area contributed by atoms with Crippen LogP contribution < -0.4 is 9.46 Å². The number of ether oxygens (including phenoxy) is 1. The highest BCUT2D eigenvalue weighted by atomic mass is 32.2. The fraction of sp³-hybridized carbons (Fsp3) is 0.579. The van der Waals surface area contributed by atoms with Gasteiger partial charge in [0.2, 0.25) is 5.91 Å². The van der Waals surface area contributed by atoms with E-state index < -0.39 is 28.1 Å². The molecule has 1 saturated heterocycles. The molecule has 3 rings (SSSR count). The summed E-state index contributed by atoms with van der Waals surface area (Å²) in [6.45, 7) is -1.17. The topological polar surface area (TPSA) is 92.8 Å². The first-order valence-corrected chi connectivity index (χ1v) is 11.0. The summed E-state index contributed by atoms with van der Waals surface area (Å²) in [6.07, 6.45) is 4.90. The van der Waals surface area contributed by atoms with Crippen LogP contribution in [0.3, 0.4) is 0 Å². The van der Waals surface area contributed by atoms with Crippen molar-refractivity contribution in [2.75, 3.05) is 6.54 Å². The lowest BCUT2D eigenvalue weighted by Gasteiger charge is -2.49. The molecule has 160 valence electrons. The first-order chi connectivity index (χ1) is 13.6. The van der Waals surface area contributed by atoms with Gasteiger partial charge in [0.05, 0.1) is 4.90 Å². The number of amides is 2. The second-order valence-electron chi connectivity index (χ2n) is 7.71. The Balaban J connectivity index is 1.68. The minimum absolute atomic E-state index is 0.148. The molecule has 1 heterocycles. The molecule has 1 saturated carbocycles. The molecule has 29 heavy (non-hydrogen) atoms. The second-order valence-corrected chi connectivity index (χ2v) is 9.39. The standard InChI is InChI=1S/C19H24F2N2O5S/c1-19(9-10-23(19)16(24)11-13-5-2-3-6-13)17(25)22-29(26,27)15-8-4-7-14(12-15)28-18(20)21/h4,7-8,12-13,18H,2-3,5-6,9-11H2,1H3,(H,22,25). The molecule has 1 aliphatic heterocycles. The van der Waals surface area contributed by atoms with Gasteiger partial charge in [0, 0.05) is 19.0 Å². The van der Waals surface area contributed by atoms with Gasteiger partial charge in [0.25, 0.3) is 15.9 Å². The smallest absolute Gasteiger partial charge is 0.387 e. The van der Waals surface area contributed by atoms with Crippen molar-refractivity contribution in [3.63, 3.8) is 0 Å². The molecule has 7 nitrogen and oxygen atoms in total. The Morgan fingerprint density at radius 2 is 2.00 bits per heavy atom. The number of likely N-dealkylation sites (tertiary alicyclic amines) is 1. The summed E-state index contributed by atoms with van der Waals surface area (Å²) in [6, 6.07) is 4.50.